The minimum atomic E-state index is -0.406. The molecule has 18 heavy (non-hydrogen) atoms. The Morgan fingerprint density at radius 1 is 0.944 bits per heavy atom. The Hall–Kier alpha value is -2.06. The minimum absolute atomic E-state index is 0. The molecule has 1 aliphatic carbocycles. The predicted molar refractivity (Wildman–Crippen MR) is 75.8 cm³/mol. The zero-order chi connectivity index (χ0) is 12.0. The molecule has 1 amide bonds. The van der Waals surface area contributed by atoms with Gasteiger partial charge >= 0.3 is 0 Å². The Bertz CT molecular complexity index is 661. The van der Waals surface area contributed by atoms with Crippen LogP contribution < -0.4 is 5.73 Å². The second-order valence-corrected chi connectivity index (χ2v) is 4.15. The molecule has 2 N–H and O–H groups in total. The molecule has 0 aromatic heterocycles. The van der Waals surface area contributed by atoms with Crippen molar-refractivity contribution in [2.24, 2.45) is 5.73 Å². The van der Waals surface area contributed by atoms with E-state index in [1.165, 1.54) is 5.56 Å². The number of hydrogen-bond donors (Lipinski definition) is 1. The van der Waals surface area contributed by atoms with Crippen molar-refractivity contribution in [3.63, 3.8) is 0 Å². The van der Waals surface area contributed by atoms with Crippen molar-refractivity contribution < 1.29 is 4.79 Å². The molecule has 0 spiro atoms. The van der Waals surface area contributed by atoms with Crippen LogP contribution >= 0.6 is 12.4 Å². The van der Waals surface area contributed by atoms with Gasteiger partial charge in [0.15, 0.2) is 0 Å². The van der Waals surface area contributed by atoms with Gasteiger partial charge in [0.25, 0.3) is 0 Å². The van der Waals surface area contributed by atoms with E-state index in [2.05, 4.69) is 12.6 Å². The van der Waals surface area contributed by atoms with E-state index in [4.69, 9.17) is 5.73 Å². The Morgan fingerprint density at radius 3 is 2.22 bits per heavy atom. The Balaban J connectivity index is 0.00000120. The van der Waals surface area contributed by atoms with Gasteiger partial charge < -0.3 is 5.73 Å². The lowest BCUT2D eigenvalue weighted by Crippen LogP contribution is -2.10. The number of amides is 1. The molecule has 90 valence electrons. The molecule has 3 rings (SSSR count). The molecule has 3 heteroatoms. The first kappa shape index (κ1) is 12.4. The van der Waals surface area contributed by atoms with Crippen molar-refractivity contribution in [3.05, 3.63) is 65.7 Å². The van der Waals surface area contributed by atoms with Crippen molar-refractivity contribution in [1.29, 1.82) is 0 Å². The van der Waals surface area contributed by atoms with Crippen molar-refractivity contribution in [2.45, 2.75) is 0 Å². The fourth-order valence-corrected chi connectivity index (χ4v) is 2.31. The van der Waals surface area contributed by atoms with Crippen LogP contribution in [-0.2, 0) is 0 Å². The third kappa shape index (κ3) is 1.62. The summed E-state index contributed by atoms with van der Waals surface area (Å²) in [4.78, 5) is 11.2. The van der Waals surface area contributed by atoms with Gasteiger partial charge in [-0.15, -0.1) is 12.4 Å². The van der Waals surface area contributed by atoms with E-state index in [1.54, 1.807) is 6.07 Å². The lowest BCUT2D eigenvalue weighted by molar-refractivity contribution is 0.100. The van der Waals surface area contributed by atoms with E-state index in [-0.39, 0.29) is 12.4 Å². The minimum Gasteiger partial charge on any atom is -0.366 e. The van der Waals surface area contributed by atoms with Gasteiger partial charge in [0.2, 0.25) is 5.91 Å². The largest absolute Gasteiger partial charge is 0.366 e. The van der Waals surface area contributed by atoms with Crippen LogP contribution in [0.3, 0.4) is 0 Å². The first-order valence-corrected chi connectivity index (χ1v) is 5.41. The maximum absolute atomic E-state index is 11.2. The maximum atomic E-state index is 11.2. The highest BCUT2D eigenvalue weighted by molar-refractivity contribution is 6.03. The molecule has 1 aliphatic rings. The van der Waals surface area contributed by atoms with Crippen LogP contribution in [0.2, 0.25) is 0 Å². The summed E-state index contributed by atoms with van der Waals surface area (Å²) < 4.78 is 0. The number of rotatable bonds is 1. The summed E-state index contributed by atoms with van der Waals surface area (Å²) in [5, 5.41) is 0. The molecule has 0 aliphatic heterocycles. The lowest BCUT2D eigenvalue weighted by Gasteiger charge is -2.02. The van der Waals surface area contributed by atoms with E-state index in [9.17, 15) is 4.79 Å². The zero-order valence-corrected chi connectivity index (χ0v) is 10.5. The van der Waals surface area contributed by atoms with Gasteiger partial charge in [0.05, 0.1) is 0 Å². The predicted octanol–water partition coefficient (Wildman–Crippen LogP) is 3.25. The van der Waals surface area contributed by atoms with E-state index < -0.39 is 5.91 Å². The van der Waals surface area contributed by atoms with Crippen molar-refractivity contribution in [2.75, 3.05) is 0 Å². The molecule has 0 radical (unpaired) electrons. The first-order chi connectivity index (χ1) is 8.18. The second kappa shape index (κ2) is 4.31. The molecular weight excluding hydrogens is 246 g/mol. The topological polar surface area (TPSA) is 43.1 Å². The normalized spacial score (nSPS) is 11.4. The van der Waals surface area contributed by atoms with Crippen molar-refractivity contribution >= 4 is 23.9 Å². The molecule has 2 aromatic carbocycles. The third-order valence-electron chi connectivity index (χ3n) is 3.17. The van der Waals surface area contributed by atoms with E-state index in [0.29, 0.717) is 5.56 Å². The van der Waals surface area contributed by atoms with Crippen LogP contribution in [-0.4, -0.2) is 5.91 Å². The second-order valence-electron chi connectivity index (χ2n) is 4.15. The van der Waals surface area contributed by atoms with Crippen LogP contribution in [0.5, 0.6) is 0 Å². The standard InChI is InChI=1S/C15H11NO.ClH/c1-9-11-4-2-3-5-12(11)13-7-6-10(15(16)17)8-14(9)13;/h2-8H,1H2,(H2,16,17);1H. The van der Waals surface area contributed by atoms with Gasteiger partial charge in [-0.3, -0.25) is 4.79 Å². The van der Waals surface area contributed by atoms with E-state index in [1.807, 2.05) is 30.3 Å². The zero-order valence-electron chi connectivity index (χ0n) is 9.64. The highest BCUT2D eigenvalue weighted by atomic mass is 35.5. The van der Waals surface area contributed by atoms with Gasteiger partial charge in [-0.2, -0.15) is 0 Å². The quantitative estimate of drug-likeness (QED) is 0.714. The van der Waals surface area contributed by atoms with Crippen LogP contribution in [0.4, 0.5) is 0 Å². The summed E-state index contributed by atoms with van der Waals surface area (Å²) in [6, 6.07) is 13.6. The summed E-state index contributed by atoms with van der Waals surface area (Å²) in [5.74, 6) is -0.406. The molecule has 0 fully saturated rings. The molecular formula is C15H12ClNO. The van der Waals surface area contributed by atoms with Gasteiger partial charge in [0, 0.05) is 5.56 Å². The highest BCUT2D eigenvalue weighted by Crippen LogP contribution is 2.43. The van der Waals surface area contributed by atoms with Crippen molar-refractivity contribution in [1.82, 2.24) is 0 Å². The van der Waals surface area contributed by atoms with Gasteiger partial charge in [-0.1, -0.05) is 36.9 Å². The Kier molecular flexibility index (Phi) is 2.97. The maximum Gasteiger partial charge on any atom is 0.248 e. The smallest absolute Gasteiger partial charge is 0.248 e. The number of hydrogen-bond acceptors (Lipinski definition) is 1. The molecule has 0 heterocycles. The molecule has 0 bridgehead atoms. The van der Waals surface area contributed by atoms with Crippen molar-refractivity contribution in [3.8, 4) is 11.1 Å². The molecule has 2 nitrogen and oxygen atoms in total. The number of fused-ring (bicyclic) bond motifs is 3. The summed E-state index contributed by atoms with van der Waals surface area (Å²) in [7, 11) is 0. The number of halogens is 1. The number of carbonyl (C=O) groups excluding carboxylic acids is 1. The van der Waals surface area contributed by atoms with Gasteiger partial charge in [-0.25, -0.2) is 0 Å². The molecule has 2 aromatic rings. The first-order valence-electron chi connectivity index (χ1n) is 5.41. The summed E-state index contributed by atoms with van der Waals surface area (Å²) >= 11 is 0. The SMILES string of the molecule is C=C1c2ccccc2-c2ccc(C(N)=O)cc21.Cl. The average molecular weight is 258 g/mol. The summed E-state index contributed by atoms with van der Waals surface area (Å²) in [5.41, 5.74) is 11.2. The highest BCUT2D eigenvalue weighted by Gasteiger charge is 2.22. The van der Waals surface area contributed by atoms with Crippen LogP contribution in [0.25, 0.3) is 16.7 Å². The van der Waals surface area contributed by atoms with Crippen LogP contribution in [0, 0.1) is 0 Å². The Labute approximate surface area is 112 Å². The Morgan fingerprint density at radius 2 is 1.56 bits per heavy atom. The monoisotopic (exact) mass is 257 g/mol. The van der Waals surface area contributed by atoms with Crippen LogP contribution in [0.1, 0.15) is 21.5 Å². The number of nitrogens with two attached hydrogens (primary N) is 1. The van der Waals surface area contributed by atoms with Gasteiger partial charge in [-0.05, 0) is 40.0 Å². The number of primary amides is 1. The molecule has 0 unspecified atom stereocenters. The van der Waals surface area contributed by atoms with E-state index >= 15 is 0 Å². The molecule has 0 saturated carbocycles. The van der Waals surface area contributed by atoms with Gasteiger partial charge in [0.1, 0.15) is 0 Å². The average Bonchev–Trinajstić information content (AvgIpc) is 2.64. The number of carbonyl (C=O) groups is 1. The molecule has 0 atom stereocenters. The lowest BCUT2D eigenvalue weighted by atomic mass is 10.0. The van der Waals surface area contributed by atoms with Crippen LogP contribution in [0.15, 0.2) is 49.0 Å². The fourth-order valence-electron chi connectivity index (χ4n) is 2.31. The van der Waals surface area contributed by atoms with E-state index in [0.717, 1.165) is 22.3 Å². The third-order valence-corrected chi connectivity index (χ3v) is 3.17. The summed E-state index contributed by atoms with van der Waals surface area (Å²) in [6.07, 6.45) is 0. The fraction of sp³-hybridized carbons (Fsp3) is 0. The summed E-state index contributed by atoms with van der Waals surface area (Å²) in [6.45, 7) is 4.09. The molecule has 0 saturated heterocycles. The number of benzene rings is 2.